The summed E-state index contributed by atoms with van der Waals surface area (Å²) >= 11 is 0. The van der Waals surface area contributed by atoms with E-state index in [1.54, 1.807) is 18.2 Å². The van der Waals surface area contributed by atoms with Gasteiger partial charge in [-0.1, -0.05) is 36.4 Å². The minimum atomic E-state index is -0.346. The third-order valence-corrected chi connectivity index (χ3v) is 3.27. The third kappa shape index (κ3) is 2.93. The van der Waals surface area contributed by atoms with Crippen molar-refractivity contribution in [2.24, 2.45) is 0 Å². The van der Waals surface area contributed by atoms with Crippen molar-refractivity contribution in [1.82, 2.24) is 0 Å². The first kappa shape index (κ1) is 13.8. The van der Waals surface area contributed by atoms with Gasteiger partial charge in [0.25, 0.3) is 0 Å². The van der Waals surface area contributed by atoms with E-state index < -0.39 is 0 Å². The number of hydrogen-bond acceptors (Lipinski definition) is 3. The molecule has 0 spiro atoms. The Morgan fingerprint density at radius 3 is 2.27 bits per heavy atom. The monoisotopic (exact) mass is 292 g/mol. The molecule has 0 radical (unpaired) electrons. The van der Waals surface area contributed by atoms with Crippen molar-refractivity contribution in [2.45, 2.75) is 0 Å². The van der Waals surface area contributed by atoms with E-state index in [0.717, 1.165) is 16.5 Å². The zero-order chi connectivity index (χ0) is 15.5. The fraction of sp³-hybridized carbons (Fsp3) is 0. The van der Waals surface area contributed by atoms with E-state index in [1.807, 2.05) is 42.5 Å². The number of fused-ring (bicyclic) bond motifs is 1. The number of nitrogens with two attached hydrogens (primary N) is 2. The van der Waals surface area contributed by atoms with Gasteiger partial charge in [0.15, 0.2) is 0 Å². The van der Waals surface area contributed by atoms with Crippen LogP contribution in [0.4, 0.5) is 27.5 Å². The summed E-state index contributed by atoms with van der Waals surface area (Å²) in [5.41, 5.74) is 13.7. The number of rotatable bonds is 2. The van der Waals surface area contributed by atoms with Crippen LogP contribution in [-0.2, 0) is 0 Å². The van der Waals surface area contributed by atoms with Crippen LogP contribution in [-0.4, -0.2) is 6.03 Å². The molecule has 0 aromatic heterocycles. The summed E-state index contributed by atoms with van der Waals surface area (Å²) in [6.45, 7) is 0. The number of anilines is 4. The van der Waals surface area contributed by atoms with Crippen LogP contribution in [0.2, 0.25) is 0 Å². The predicted octanol–water partition coefficient (Wildman–Crippen LogP) is 3.65. The molecule has 0 atom stereocenters. The minimum absolute atomic E-state index is 0.346. The number of nitrogens with one attached hydrogen (secondary N) is 2. The fourth-order valence-corrected chi connectivity index (χ4v) is 2.37. The molecule has 0 aliphatic carbocycles. The Morgan fingerprint density at radius 2 is 1.50 bits per heavy atom. The molecule has 0 bridgehead atoms. The summed E-state index contributed by atoms with van der Waals surface area (Å²) in [5.74, 6) is 0. The molecule has 0 unspecified atom stereocenters. The summed E-state index contributed by atoms with van der Waals surface area (Å²) in [6.07, 6.45) is 0. The van der Waals surface area contributed by atoms with Crippen LogP contribution >= 0.6 is 0 Å². The quantitative estimate of drug-likeness (QED) is 0.543. The molecule has 0 aliphatic heterocycles. The van der Waals surface area contributed by atoms with Gasteiger partial charge in [0.1, 0.15) is 0 Å². The first-order chi connectivity index (χ1) is 10.6. The second kappa shape index (κ2) is 5.65. The van der Waals surface area contributed by atoms with Crippen molar-refractivity contribution in [1.29, 1.82) is 0 Å². The molecule has 5 heteroatoms. The minimum Gasteiger partial charge on any atom is -0.399 e. The van der Waals surface area contributed by atoms with Crippen molar-refractivity contribution in [2.75, 3.05) is 22.1 Å². The van der Waals surface area contributed by atoms with Gasteiger partial charge in [0, 0.05) is 22.4 Å². The molecule has 0 fully saturated rings. The van der Waals surface area contributed by atoms with Gasteiger partial charge in [0.05, 0.1) is 5.69 Å². The van der Waals surface area contributed by atoms with E-state index in [2.05, 4.69) is 10.6 Å². The van der Waals surface area contributed by atoms with E-state index in [0.29, 0.717) is 17.1 Å². The highest BCUT2D eigenvalue weighted by molar-refractivity contribution is 6.06. The summed E-state index contributed by atoms with van der Waals surface area (Å²) in [6, 6.07) is 18.2. The molecule has 2 amide bonds. The van der Waals surface area contributed by atoms with Crippen LogP contribution < -0.4 is 22.1 Å². The summed E-state index contributed by atoms with van der Waals surface area (Å²) in [4.78, 5) is 12.1. The zero-order valence-corrected chi connectivity index (χ0v) is 11.8. The lowest BCUT2D eigenvalue weighted by atomic mass is 10.1. The SMILES string of the molecule is Nc1cc(N)cc(NC(=O)Nc2cccc3ccccc23)c1. The lowest BCUT2D eigenvalue weighted by molar-refractivity contribution is 0.262. The van der Waals surface area contributed by atoms with Crippen molar-refractivity contribution in [3.05, 3.63) is 60.7 Å². The molecule has 5 nitrogen and oxygen atoms in total. The number of urea groups is 1. The first-order valence-corrected chi connectivity index (χ1v) is 6.83. The number of amides is 2. The maximum atomic E-state index is 12.1. The maximum absolute atomic E-state index is 12.1. The predicted molar refractivity (Wildman–Crippen MR) is 91.9 cm³/mol. The topological polar surface area (TPSA) is 93.2 Å². The fourth-order valence-electron chi connectivity index (χ4n) is 2.37. The third-order valence-electron chi connectivity index (χ3n) is 3.27. The number of nitrogen functional groups attached to an aromatic ring is 2. The molecule has 0 heterocycles. The average Bonchev–Trinajstić information content (AvgIpc) is 2.46. The number of benzene rings is 3. The molecule has 6 N–H and O–H groups in total. The van der Waals surface area contributed by atoms with Crippen molar-refractivity contribution in [3.8, 4) is 0 Å². The largest absolute Gasteiger partial charge is 0.399 e. The van der Waals surface area contributed by atoms with Gasteiger partial charge in [-0.3, -0.25) is 0 Å². The zero-order valence-electron chi connectivity index (χ0n) is 11.8. The van der Waals surface area contributed by atoms with Gasteiger partial charge in [0.2, 0.25) is 0 Å². The molecular weight excluding hydrogens is 276 g/mol. The molecule has 0 saturated heterocycles. The normalized spacial score (nSPS) is 10.4. The average molecular weight is 292 g/mol. The van der Waals surface area contributed by atoms with E-state index in [1.165, 1.54) is 0 Å². The summed E-state index contributed by atoms with van der Waals surface area (Å²) in [5, 5.41) is 7.61. The molecule has 3 rings (SSSR count). The van der Waals surface area contributed by atoms with Crippen molar-refractivity contribution < 1.29 is 4.79 Å². The Kier molecular flexibility index (Phi) is 3.53. The molecule has 22 heavy (non-hydrogen) atoms. The van der Waals surface area contributed by atoms with E-state index in [9.17, 15) is 4.79 Å². The van der Waals surface area contributed by atoms with Crippen molar-refractivity contribution >= 4 is 39.6 Å². The Labute approximate surface area is 127 Å². The van der Waals surface area contributed by atoms with Gasteiger partial charge in [-0.15, -0.1) is 0 Å². The standard InChI is InChI=1S/C17H16N4O/c18-12-8-13(19)10-14(9-12)20-17(22)21-16-7-3-5-11-4-1-2-6-15(11)16/h1-10H,18-19H2,(H2,20,21,22). The maximum Gasteiger partial charge on any atom is 0.323 e. The number of hydrogen-bond donors (Lipinski definition) is 4. The van der Waals surface area contributed by atoms with E-state index in [-0.39, 0.29) is 6.03 Å². The van der Waals surface area contributed by atoms with Crippen LogP contribution in [0.15, 0.2) is 60.7 Å². The van der Waals surface area contributed by atoms with Crippen LogP contribution in [0.3, 0.4) is 0 Å². The Bertz CT molecular complexity index is 819. The lowest BCUT2D eigenvalue weighted by Crippen LogP contribution is -2.19. The Morgan fingerprint density at radius 1 is 0.818 bits per heavy atom. The number of carbonyl (C=O) groups excluding carboxylic acids is 1. The number of carbonyl (C=O) groups is 1. The van der Waals surface area contributed by atoms with Gasteiger partial charge < -0.3 is 22.1 Å². The van der Waals surface area contributed by atoms with Gasteiger partial charge in [-0.25, -0.2) is 4.79 Å². The van der Waals surface area contributed by atoms with Crippen LogP contribution in [0.25, 0.3) is 10.8 Å². The first-order valence-electron chi connectivity index (χ1n) is 6.83. The van der Waals surface area contributed by atoms with E-state index >= 15 is 0 Å². The lowest BCUT2D eigenvalue weighted by Gasteiger charge is -2.11. The van der Waals surface area contributed by atoms with Crippen LogP contribution in [0.5, 0.6) is 0 Å². The second-order valence-electron chi connectivity index (χ2n) is 4.99. The molecule has 0 aliphatic rings. The Balaban J connectivity index is 1.81. The molecule has 3 aromatic carbocycles. The highest BCUT2D eigenvalue weighted by Gasteiger charge is 2.06. The molecule has 0 saturated carbocycles. The molecular formula is C17H16N4O. The summed E-state index contributed by atoms with van der Waals surface area (Å²) in [7, 11) is 0. The van der Waals surface area contributed by atoms with Crippen LogP contribution in [0, 0.1) is 0 Å². The van der Waals surface area contributed by atoms with Gasteiger partial charge in [-0.05, 0) is 29.7 Å². The van der Waals surface area contributed by atoms with Crippen LogP contribution in [0.1, 0.15) is 0 Å². The van der Waals surface area contributed by atoms with Gasteiger partial charge in [-0.2, -0.15) is 0 Å². The molecule has 3 aromatic rings. The second-order valence-corrected chi connectivity index (χ2v) is 4.99. The Hall–Kier alpha value is -3.21. The van der Waals surface area contributed by atoms with E-state index in [4.69, 9.17) is 11.5 Å². The highest BCUT2D eigenvalue weighted by Crippen LogP contribution is 2.23. The van der Waals surface area contributed by atoms with Gasteiger partial charge >= 0.3 is 6.03 Å². The highest BCUT2D eigenvalue weighted by atomic mass is 16.2. The smallest absolute Gasteiger partial charge is 0.323 e. The molecule has 110 valence electrons. The summed E-state index contributed by atoms with van der Waals surface area (Å²) < 4.78 is 0. The van der Waals surface area contributed by atoms with Crippen molar-refractivity contribution in [3.63, 3.8) is 0 Å².